The number of benzene rings is 1. The molecule has 1 aliphatic rings. The first kappa shape index (κ1) is 15.4. The summed E-state index contributed by atoms with van der Waals surface area (Å²) >= 11 is 0. The van der Waals surface area contributed by atoms with Crippen LogP contribution in [0.25, 0.3) is 0 Å². The molecule has 0 bridgehead atoms. The summed E-state index contributed by atoms with van der Waals surface area (Å²) in [5, 5.41) is 3.74. The third kappa shape index (κ3) is 3.76. The maximum absolute atomic E-state index is 3.74. The Kier molecular flexibility index (Phi) is 5.90. The molecule has 1 atom stereocenters. The number of nitrogens with zero attached hydrogens (tertiary/aromatic N) is 1. The van der Waals surface area contributed by atoms with Crippen LogP contribution in [0.1, 0.15) is 52.0 Å². The molecule has 1 aliphatic heterocycles. The van der Waals surface area contributed by atoms with Gasteiger partial charge in [0.1, 0.15) is 0 Å². The standard InChI is InChI=1S/C18H30N2/c1-4-16(5-2)15(3)19-14-17-10-6-7-11-18(17)20-12-8-9-13-20/h6-7,10-11,15-16,19H,4-5,8-9,12-14H2,1-3H3. The molecule has 20 heavy (non-hydrogen) atoms. The predicted molar refractivity (Wildman–Crippen MR) is 88.3 cm³/mol. The molecule has 0 saturated carbocycles. The molecule has 1 saturated heterocycles. The summed E-state index contributed by atoms with van der Waals surface area (Å²) < 4.78 is 0. The van der Waals surface area contributed by atoms with Crippen molar-refractivity contribution in [1.82, 2.24) is 5.32 Å². The average Bonchev–Trinajstić information content (AvgIpc) is 3.01. The van der Waals surface area contributed by atoms with E-state index in [1.807, 2.05) is 0 Å². The van der Waals surface area contributed by atoms with E-state index in [2.05, 4.69) is 55.3 Å². The van der Waals surface area contributed by atoms with E-state index in [9.17, 15) is 0 Å². The van der Waals surface area contributed by atoms with Crippen LogP contribution in [-0.4, -0.2) is 19.1 Å². The second kappa shape index (κ2) is 7.68. The van der Waals surface area contributed by atoms with Gasteiger partial charge in [-0.1, -0.05) is 44.9 Å². The van der Waals surface area contributed by atoms with Crippen molar-refractivity contribution in [2.24, 2.45) is 5.92 Å². The molecule has 1 aromatic rings. The Morgan fingerprint density at radius 1 is 1.10 bits per heavy atom. The van der Waals surface area contributed by atoms with Crippen LogP contribution in [0, 0.1) is 5.92 Å². The van der Waals surface area contributed by atoms with Gasteiger partial charge in [0.05, 0.1) is 0 Å². The van der Waals surface area contributed by atoms with Crippen LogP contribution in [-0.2, 0) is 6.54 Å². The highest BCUT2D eigenvalue weighted by molar-refractivity contribution is 5.54. The van der Waals surface area contributed by atoms with Crippen molar-refractivity contribution in [1.29, 1.82) is 0 Å². The van der Waals surface area contributed by atoms with E-state index < -0.39 is 0 Å². The summed E-state index contributed by atoms with van der Waals surface area (Å²) in [7, 11) is 0. The number of rotatable bonds is 7. The summed E-state index contributed by atoms with van der Waals surface area (Å²) in [5.74, 6) is 0.786. The van der Waals surface area contributed by atoms with Crippen molar-refractivity contribution in [2.75, 3.05) is 18.0 Å². The van der Waals surface area contributed by atoms with Crippen LogP contribution in [0.15, 0.2) is 24.3 Å². The first-order valence-electron chi connectivity index (χ1n) is 8.32. The molecule has 0 aliphatic carbocycles. The van der Waals surface area contributed by atoms with Gasteiger partial charge < -0.3 is 10.2 Å². The van der Waals surface area contributed by atoms with Crippen LogP contribution < -0.4 is 10.2 Å². The molecular weight excluding hydrogens is 244 g/mol. The van der Waals surface area contributed by atoms with Gasteiger partial charge in [-0.15, -0.1) is 0 Å². The molecule has 1 N–H and O–H groups in total. The van der Waals surface area contributed by atoms with Crippen LogP contribution in [0.5, 0.6) is 0 Å². The van der Waals surface area contributed by atoms with Gasteiger partial charge in [-0.3, -0.25) is 0 Å². The molecule has 1 aromatic carbocycles. The molecular formula is C18H30N2. The summed E-state index contributed by atoms with van der Waals surface area (Å²) in [6.07, 6.45) is 5.20. The lowest BCUT2D eigenvalue weighted by atomic mass is 9.95. The smallest absolute Gasteiger partial charge is 0.0411 e. The van der Waals surface area contributed by atoms with Crippen molar-refractivity contribution >= 4 is 5.69 Å². The van der Waals surface area contributed by atoms with Gasteiger partial charge in [0.15, 0.2) is 0 Å². The molecule has 1 unspecified atom stereocenters. The van der Waals surface area contributed by atoms with E-state index in [0.29, 0.717) is 6.04 Å². The van der Waals surface area contributed by atoms with E-state index in [0.717, 1.165) is 12.5 Å². The molecule has 0 amide bonds. The van der Waals surface area contributed by atoms with Gasteiger partial charge in [-0.25, -0.2) is 0 Å². The van der Waals surface area contributed by atoms with Gasteiger partial charge >= 0.3 is 0 Å². The lowest BCUT2D eigenvalue weighted by Crippen LogP contribution is -2.33. The highest BCUT2D eigenvalue weighted by atomic mass is 15.1. The third-order valence-electron chi connectivity index (χ3n) is 4.81. The lowest BCUT2D eigenvalue weighted by Gasteiger charge is -2.25. The van der Waals surface area contributed by atoms with Crippen molar-refractivity contribution < 1.29 is 0 Å². The highest BCUT2D eigenvalue weighted by Gasteiger charge is 2.17. The summed E-state index contributed by atoms with van der Waals surface area (Å²) in [6, 6.07) is 9.49. The zero-order valence-corrected chi connectivity index (χ0v) is 13.4. The first-order valence-corrected chi connectivity index (χ1v) is 8.32. The van der Waals surface area contributed by atoms with Crippen LogP contribution in [0.2, 0.25) is 0 Å². The Bertz CT molecular complexity index is 392. The molecule has 0 spiro atoms. The fraction of sp³-hybridized carbons (Fsp3) is 0.667. The van der Waals surface area contributed by atoms with Crippen LogP contribution in [0.3, 0.4) is 0 Å². The molecule has 0 aromatic heterocycles. The average molecular weight is 274 g/mol. The van der Waals surface area contributed by atoms with Gasteiger partial charge in [-0.2, -0.15) is 0 Å². The minimum atomic E-state index is 0.594. The number of hydrogen-bond acceptors (Lipinski definition) is 2. The monoisotopic (exact) mass is 274 g/mol. The molecule has 1 heterocycles. The van der Waals surface area contributed by atoms with Gasteiger partial charge in [0.2, 0.25) is 0 Å². The minimum absolute atomic E-state index is 0.594. The highest BCUT2D eigenvalue weighted by Crippen LogP contribution is 2.24. The first-order chi connectivity index (χ1) is 9.76. The molecule has 2 nitrogen and oxygen atoms in total. The predicted octanol–water partition coefficient (Wildman–Crippen LogP) is 4.20. The Hall–Kier alpha value is -1.02. The Morgan fingerprint density at radius 2 is 1.75 bits per heavy atom. The minimum Gasteiger partial charge on any atom is -0.371 e. The van der Waals surface area contributed by atoms with Crippen molar-refractivity contribution in [3.05, 3.63) is 29.8 Å². The molecule has 112 valence electrons. The molecule has 2 rings (SSSR count). The quantitative estimate of drug-likeness (QED) is 0.801. The summed E-state index contributed by atoms with van der Waals surface area (Å²) in [5.41, 5.74) is 2.89. The second-order valence-corrected chi connectivity index (χ2v) is 6.07. The Labute approximate surface area is 124 Å². The van der Waals surface area contributed by atoms with Gasteiger partial charge in [-0.05, 0) is 37.3 Å². The fourth-order valence-corrected chi connectivity index (χ4v) is 3.36. The van der Waals surface area contributed by atoms with Crippen LogP contribution >= 0.6 is 0 Å². The maximum Gasteiger partial charge on any atom is 0.0411 e. The molecule has 1 fully saturated rings. The Morgan fingerprint density at radius 3 is 2.40 bits per heavy atom. The topological polar surface area (TPSA) is 15.3 Å². The SMILES string of the molecule is CCC(CC)C(C)NCc1ccccc1N1CCCC1. The Balaban J connectivity index is 1.98. The van der Waals surface area contributed by atoms with Crippen molar-refractivity contribution in [3.8, 4) is 0 Å². The lowest BCUT2D eigenvalue weighted by molar-refractivity contribution is 0.353. The number of anilines is 1. The van der Waals surface area contributed by atoms with Gasteiger partial charge in [0.25, 0.3) is 0 Å². The maximum atomic E-state index is 3.74. The third-order valence-corrected chi connectivity index (χ3v) is 4.81. The number of hydrogen-bond donors (Lipinski definition) is 1. The summed E-state index contributed by atoms with van der Waals surface area (Å²) in [4.78, 5) is 2.54. The van der Waals surface area contributed by atoms with E-state index in [-0.39, 0.29) is 0 Å². The zero-order valence-electron chi connectivity index (χ0n) is 13.4. The second-order valence-electron chi connectivity index (χ2n) is 6.07. The normalized spacial score (nSPS) is 16.9. The van der Waals surface area contributed by atoms with E-state index in [4.69, 9.17) is 0 Å². The largest absolute Gasteiger partial charge is 0.371 e. The fourth-order valence-electron chi connectivity index (χ4n) is 3.36. The van der Waals surface area contributed by atoms with Crippen molar-refractivity contribution in [3.63, 3.8) is 0 Å². The summed E-state index contributed by atoms with van der Waals surface area (Å²) in [6.45, 7) is 10.4. The van der Waals surface area contributed by atoms with E-state index in [1.54, 1.807) is 0 Å². The van der Waals surface area contributed by atoms with E-state index in [1.165, 1.54) is 50.0 Å². The number of para-hydroxylation sites is 1. The van der Waals surface area contributed by atoms with Gasteiger partial charge in [0, 0.05) is 31.4 Å². The van der Waals surface area contributed by atoms with Crippen molar-refractivity contribution in [2.45, 2.75) is 59.0 Å². The van der Waals surface area contributed by atoms with E-state index >= 15 is 0 Å². The molecule has 0 radical (unpaired) electrons. The van der Waals surface area contributed by atoms with Crippen LogP contribution in [0.4, 0.5) is 5.69 Å². The zero-order chi connectivity index (χ0) is 14.4. The number of nitrogens with one attached hydrogen (secondary N) is 1. The molecule has 2 heteroatoms.